The van der Waals surface area contributed by atoms with Gasteiger partial charge < -0.3 is 10.1 Å². The van der Waals surface area contributed by atoms with E-state index in [4.69, 9.17) is 0 Å². The van der Waals surface area contributed by atoms with Crippen molar-refractivity contribution in [1.29, 1.82) is 0 Å². The molecule has 0 bridgehead atoms. The Morgan fingerprint density at radius 1 is 1.26 bits per heavy atom. The molecule has 2 rings (SSSR count). The Kier molecular flexibility index (Phi) is 5.88. The zero-order valence-electron chi connectivity index (χ0n) is 12.2. The number of ether oxygens (including phenoxy) is 1. The smallest absolute Gasteiger partial charge is 0.325 e. The first kappa shape index (κ1) is 17.2. The van der Waals surface area contributed by atoms with Crippen LogP contribution in [0.15, 0.2) is 28.6 Å². The number of carbonyl (C=O) groups excluding carboxylic acids is 2. The lowest BCUT2D eigenvalue weighted by Gasteiger charge is -2.05. The number of urea groups is 1. The Morgan fingerprint density at radius 3 is 2.61 bits per heavy atom. The number of methoxy groups -OCH3 is 1. The van der Waals surface area contributed by atoms with Crippen LogP contribution in [-0.2, 0) is 9.53 Å². The summed E-state index contributed by atoms with van der Waals surface area (Å²) in [6, 6.07) is 4.83. The highest BCUT2D eigenvalue weighted by Crippen LogP contribution is 2.29. The first-order chi connectivity index (χ1) is 11.0. The fourth-order valence-electron chi connectivity index (χ4n) is 1.47. The van der Waals surface area contributed by atoms with Crippen molar-refractivity contribution in [3.63, 3.8) is 0 Å². The van der Waals surface area contributed by atoms with Crippen molar-refractivity contribution in [2.75, 3.05) is 17.7 Å². The van der Waals surface area contributed by atoms with Crippen molar-refractivity contribution in [3.05, 3.63) is 30.1 Å². The second kappa shape index (κ2) is 7.88. The highest BCUT2D eigenvalue weighted by molar-refractivity contribution is 8.02. The van der Waals surface area contributed by atoms with Crippen LogP contribution in [0, 0.1) is 5.82 Å². The zero-order valence-corrected chi connectivity index (χ0v) is 13.8. The van der Waals surface area contributed by atoms with Crippen LogP contribution >= 0.6 is 23.1 Å². The minimum absolute atomic E-state index is 0.282. The maximum absolute atomic E-state index is 12.8. The minimum atomic E-state index is -0.523. The van der Waals surface area contributed by atoms with Crippen molar-refractivity contribution >= 4 is 45.9 Å². The average Bonchev–Trinajstić information content (AvgIpc) is 2.95. The molecule has 0 radical (unpaired) electrons. The lowest BCUT2D eigenvalue weighted by molar-refractivity contribution is -0.139. The molecule has 1 atom stereocenters. The molecule has 0 saturated heterocycles. The van der Waals surface area contributed by atoms with Crippen LogP contribution in [-0.4, -0.2) is 34.6 Å². The van der Waals surface area contributed by atoms with E-state index in [-0.39, 0.29) is 16.9 Å². The van der Waals surface area contributed by atoms with Crippen LogP contribution in [0.25, 0.3) is 0 Å². The number of esters is 1. The van der Waals surface area contributed by atoms with Crippen LogP contribution < -0.4 is 10.6 Å². The summed E-state index contributed by atoms with van der Waals surface area (Å²) in [5.74, 6) is -0.754. The van der Waals surface area contributed by atoms with Gasteiger partial charge in [0.05, 0.1) is 7.11 Å². The molecule has 1 aromatic heterocycles. The SMILES string of the molecule is COC(=O)[C@H](C)Sc1nnc(NC(=O)Nc2ccc(F)cc2)s1. The van der Waals surface area contributed by atoms with E-state index in [0.29, 0.717) is 10.0 Å². The van der Waals surface area contributed by atoms with Gasteiger partial charge in [0, 0.05) is 5.69 Å². The number of aromatic nitrogens is 2. The molecule has 2 N–H and O–H groups in total. The molecule has 2 aromatic rings. The Balaban J connectivity index is 1.89. The highest BCUT2D eigenvalue weighted by atomic mass is 32.2. The summed E-state index contributed by atoms with van der Waals surface area (Å²) in [5.41, 5.74) is 0.447. The van der Waals surface area contributed by atoms with Gasteiger partial charge in [0.15, 0.2) is 4.34 Å². The fourth-order valence-corrected chi connectivity index (χ4v) is 3.38. The van der Waals surface area contributed by atoms with E-state index in [1.807, 2.05) is 0 Å². The Hall–Kier alpha value is -2.20. The number of halogens is 1. The summed E-state index contributed by atoms with van der Waals surface area (Å²) in [7, 11) is 1.31. The normalized spacial score (nSPS) is 11.6. The molecule has 7 nitrogen and oxygen atoms in total. The number of amides is 2. The van der Waals surface area contributed by atoms with E-state index in [1.54, 1.807) is 6.92 Å². The molecule has 0 aliphatic heterocycles. The van der Waals surface area contributed by atoms with Crippen molar-refractivity contribution in [1.82, 2.24) is 10.2 Å². The number of nitrogens with one attached hydrogen (secondary N) is 2. The number of carbonyl (C=O) groups is 2. The van der Waals surface area contributed by atoms with Gasteiger partial charge in [-0.25, -0.2) is 9.18 Å². The predicted octanol–water partition coefficient (Wildman–Crippen LogP) is 2.97. The van der Waals surface area contributed by atoms with E-state index in [1.165, 1.54) is 43.1 Å². The Bertz CT molecular complexity index is 693. The number of rotatable bonds is 5. The second-order valence-electron chi connectivity index (χ2n) is 4.24. The minimum Gasteiger partial charge on any atom is -0.468 e. The number of nitrogens with zero attached hydrogens (tertiary/aromatic N) is 2. The van der Waals surface area contributed by atoms with Gasteiger partial charge in [-0.2, -0.15) is 0 Å². The van der Waals surface area contributed by atoms with Gasteiger partial charge in [-0.1, -0.05) is 23.1 Å². The van der Waals surface area contributed by atoms with Gasteiger partial charge in [-0.15, -0.1) is 10.2 Å². The first-order valence-electron chi connectivity index (χ1n) is 6.39. The van der Waals surface area contributed by atoms with Crippen LogP contribution in [0.4, 0.5) is 20.0 Å². The van der Waals surface area contributed by atoms with Gasteiger partial charge in [0.25, 0.3) is 0 Å². The summed E-state index contributed by atoms with van der Waals surface area (Å²) in [6.07, 6.45) is 0. The molecule has 122 valence electrons. The van der Waals surface area contributed by atoms with E-state index in [2.05, 4.69) is 25.6 Å². The van der Waals surface area contributed by atoms with Gasteiger partial charge in [0.1, 0.15) is 11.1 Å². The Labute approximate surface area is 139 Å². The molecular weight excluding hydrogens is 343 g/mol. The van der Waals surface area contributed by atoms with Crippen LogP contribution in [0.3, 0.4) is 0 Å². The molecule has 2 amide bonds. The molecule has 0 aliphatic carbocycles. The van der Waals surface area contributed by atoms with E-state index in [0.717, 1.165) is 11.3 Å². The summed E-state index contributed by atoms with van der Waals surface area (Å²) in [6.45, 7) is 1.69. The fraction of sp³-hybridized carbons (Fsp3) is 0.231. The van der Waals surface area contributed by atoms with E-state index < -0.39 is 11.3 Å². The number of anilines is 2. The van der Waals surface area contributed by atoms with Crippen LogP contribution in [0.1, 0.15) is 6.92 Å². The molecule has 0 fully saturated rings. The van der Waals surface area contributed by atoms with E-state index >= 15 is 0 Å². The maximum atomic E-state index is 12.8. The third-order valence-corrected chi connectivity index (χ3v) is 4.54. The molecule has 23 heavy (non-hydrogen) atoms. The largest absolute Gasteiger partial charge is 0.468 e. The average molecular weight is 356 g/mol. The lowest BCUT2D eigenvalue weighted by atomic mass is 10.3. The number of hydrogen-bond donors (Lipinski definition) is 2. The second-order valence-corrected chi connectivity index (χ2v) is 6.81. The zero-order chi connectivity index (χ0) is 16.8. The number of benzene rings is 1. The van der Waals surface area contributed by atoms with Gasteiger partial charge >= 0.3 is 12.0 Å². The maximum Gasteiger partial charge on any atom is 0.325 e. The summed E-state index contributed by atoms with van der Waals surface area (Å²) in [4.78, 5) is 23.1. The van der Waals surface area contributed by atoms with E-state index in [9.17, 15) is 14.0 Å². The quantitative estimate of drug-likeness (QED) is 0.486. The third-order valence-electron chi connectivity index (χ3n) is 2.54. The van der Waals surface area contributed by atoms with Crippen LogP contribution in [0.2, 0.25) is 0 Å². The molecule has 10 heteroatoms. The van der Waals surface area contributed by atoms with Crippen molar-refractivity contribution in [2.45, 2.75) is 16.5 Å². The molecular formula is C13H13FN4O3S2. The van der Waals surface area contributed by atoms with Gasteiger partial charge in [-0.3, -0.25) is 10.1 Å². The molecule has 0 aliphatic rings. The molecule has 1 heterocycles. The molecule has 0 saturated carbocycles. The molecule has 1 aromatic carbocycles. The first-order valence-corrected chi connectivity index (χ1v) is 8.09. The van der Waals surface area contributed by atoms with Gasteiger partial charge in [0.2, 0.25) is 5.13 Å². The summed E-state index contributed by atoms with van der Waals surface area (Å²) < 4.78 is 17.9. The van der Waals surface area contributed by atoms with Crippen molar-refractivity contribution in [3.8, 4) is 0 Å². The van der Waals surface area contributed by atoms with Crippen LogP contribution in [0.5, 0.6) is 0 Å². The Morgan fingerprint density at radius 2 is 1.96 bits per heavy atom. The third kappa shape index (κ3) is 5.18. The lowest BCUT2D eigenvalue weighted by Crippen LogP contribution is -2.19. The number of hydrogen-bond acceptors (Lipinski definition) is 7. The highest BCUT2D eigenvalue weighted by Gasteiger charge is 2.18. The molecule has 0 spiro atoms. The van der Waals surface area contributed by atoms with Gasteiger partial charge in [-0.05, 0) is 31.2 Å². The summed E-state index contributed by atoms with van der Waals surface area (Å²) >= 11 is 2.32. The van der Waals surface area contributed by atoms with Crippen molar-refractivity contribution in [2.24, 2.45) is 0 Å². The number of thioether (sulfide) groups is 1. The standard InChI is InChI=1S/C13H13FN4O3S2/c1-7(10(19)21-2)22-13-18-17-12(23-13)16-11(20)15-9-5-3-8(14)4-6-9/h3-7H,1-2H3,(H2,15,16,17,20)/t7-/m0/s1. The predicted molar refractivity (Wildman–Crippen MR) is 86.3 cm³/mol. The van der Waals surface area contributed by atoms with Crippen molar-refractivity contribution < 1.29 is 18.7 Å². The summed E-state index contributed by atoms with van der Waals surface area (Å²) in [5, 5.41) is 12.6. The topological polar surface area (TPSA) is 93.2 Å². The monoisotopic (exact) mass is 356 g/mol. The molecule has 0 unspecified atom stereocenters.